The zero-order valence-corrected chi connectivity index (χ0v) is 18.8. The number of anilines is 2. The van der Waals surface area contributed by atoms with Gasteiger partial charge in [0.2, 0.25) is 11.8 Å². The number of carbonyl (C=O) groups is 2. The van der Waals surface area contributed by atoms with E-state index < -0.39 is 0 Å². The van der Waals surface area contributed by atoms with Crippen molar-refractivity contribution < 1.29 is 9.59 Å². The van der Waals surface area contributed by atoms with E-state index in [0.29, 0.717) is 42.8 Å². The number of hydrogen-bond donors (Lipinski definition) is 2. The molecular weight excluding hydrogens is 418 g/mol. The lowest BCUT2D eigenvalue weighted by Crippen LogP contribution is -2.55. The molecule has 0 saturated carbocycles. The van der Waals surface area contributed by atoms with Crippen molar-refractivity contribution in [3.8, 4) is 0 Å². The monoisotopic (exact) mass is 445 g/mol. The maximum absolute atomic E-state index is 12.7. The SMILES string of the molecule is CCNC(=NCCC(=O)Nc1cccc(Cl)c1C)N1CCN(c2cnn(C)c2)C(=O)C1. The molecule has 1 aliphatic heterocycles. The van der Waals surface area contributed by atoms with Crippen molar-refractivity contribution in [2.75, 3.05) is 42.9 Å². The number of halogens is 1. The van der Waals surface area contributed by atoms with Gasteiger partial charge in [0.15, 0.2) is 5.96 Å². The third-order valence-corrected chi connectivity index (χ3v) is 5.41. The number of piperazine rings is 1. The maximum Gasteiger partial charge on any atom is 0.246 e. The highest BCUT2D eigenvalue weighted by atomic mass is 35.5. The maximum atomic E-state index is 12.7. The van der Waals surface area contributed by atoms with Crippen LogP contribution in [0.4, 0.5) is 11.4 Å². The van der Waals surface area contributed by atoms with Gasteiger partial charge >= 0.3 is 0 Å². The van der Waals surface area contributed by atoms with Gasteiger partial charge < -0.3 is 20.4 Å². The van der Waals surface area contributed by atoms with E-state index in [-0.39, 0.29) is 24.8 Å². The summed E-state index contributed by atoms with van der Waals surface area (Å²) in [7, 11) is 1.82. The lowest BCUT2D eigenvalue weighted by molar-refractivity contribution is -0.120. The standard InChI is InChI=1S/C21H28ClN7O2/c1-4-23-21(24-9-8-19(30)26-18-7-5-6-17(22)15(18)2)28-10-11-29(20(31)14-28)16-12-25-27(3)13-16/h5-7,12-13H,4,8-11,14H2,1-3H3,(H,23,24)(H,26,30). The highest BCUT2D eigenvalue weighted by Crippen LogP contribution is 2.23. The average molecular weight is 446 g/mol. The van der Waals surface area contributed by atoms with Gasteiger partial charge in [0.25, 0.3) is 0 Å². The Kier molecular flexibility index (Phi) is 7.51. The van der Waals surface area contributed by atoms with Crippen molar-refractivity contribution in [2.45, 2.75) is 20.3 Å². The first kappa shape index (κ1) is 22.6. The Morgan fingerprint density at radius 1 is 1.32 bits per heavy atom. The molecule has 1 fully saturated rings. The lowest BCUT2D eigenvalue weighted by Gasteiger charge is -2.35. The van der Waals surface area contributed by atoms with Gasteiger partial charge in [-0.25, -0.2) is 0 Å². The largest absolute Gasteiger partial charge is 0.357 e. The van der Waals surface area contributed by atoms with Crippen molar-refractivity contribution >= 4 is 40.7 Å². The van der Waals surface area contributed by atoms with Crippen molar-refractivity contribution in [3.05, 3.63) is 41.2 Å². The minimum Gasteiger partial charge on any atom is -0.357 e. The van der Waals surface area contributed by atoms with Gasteiger partial charge in [-0.05, 0) is 31.5 Å². The molecule has 0 aliphatic carbocycles. The summed E-state index contributed by atoms with van der Waals surface area (Å²) in [5.74, 6) is 0.481. The van der Waals surface area contributed by atoms with Gasteiger partial charge in [0.1, 0.15) is 6.54 Å². The van der Waals surface area contributed by atoms with E-state index in [1.807, 2.05) is 38.1 Å². The first-order valence-corrected chi connectivity index (χ1v) is 10.6. The normalized spacial score (nSPS) is 14.7. The average Bonchev–Trinajstić information content (AvgIpc) is 3.16. The topological polar surface area (TPSA) is 94.9 Å². The molecule has 9 nitrogen and oxygen atoms in total. The molecule has 1 aliphatic rings. The summed E-state index contributed by atoms with van der Waals surface area (Å²) in [6.45, 7) is 6.21. The summed E-state index contributed by atoms with van der Waals surface area (Å²) >= 11 is 6.10. The molecule has 0 bridgehead atoms. The highest BCUT2D eigenvalue weighted by Gasteiger charge is 2.27. The smallest absolute Gasteiger partial charge is 0.246 e. The molecule has 2 N–H and O–H groups in total. The Hall–Kier alpha value is -3.07. The van der Waals surface area contributed by atoms with Crippen LogP contribution in [0.2, 0.25) is 5.02 Å². The van der Waals surface area contributed by atoms with Crippen LogP contribution in [0, 0.1) is 6.92 Å². The molecule has 31 heavy (non-hydrogen) atoms. The second-order valence-electron chi connectivity index (χ2n) is 7.29. The summed E-state index contributed by atoms with van der Waals surface area (Å²) in [6, 6.07) is 5.41. The van der Waals surface area contributed by atoms with Crippen molar-refractivity contribution in [1.29, 1.82) is 0 Å². The van der Waals surface area contributed by atoms with E-state index in [1.165, 1.54) is 0 Å². The number of hydrogen-bond acceptors (Lipinski definition) is 4. The van der Waals surface area contributed by atoms with Crippen LogP contribution in [0.25, 0.3) is 0 Å². The Morgan fingerprint density at radius 3 is 2.81 bits per heavy atom. The third kappa shape index (κ3) is 5.75. The predicted molar refractivity (Wildman–Crippen MR) is 123 cm³/mol. The predicted octanol–water partition coefficient (Wildman–Crippen LogP) is 2.02. The summed E-state index contributed by atoms with van der Waals surface area (Å²) in [6.07, 6.45) is 3.74. The van der Waals surface area contributed by atoms with Crippen LogP contribution in [-0.2, 0) is 16.6 Å². The fraction of sp³-hybridized carbons (Fsp3) is 0.429. The van der Waals surface area contributed by atoms with E-state index in [1.54, 1.807) is 27.9 Å². The first-order valence-electron chi connectivity index (χ1n) is 10.3. The Bertz CT molecular complexity index is 972. The van der Waals surface area contributed by atoms with E-state index in [2.05, 4.69) is 20.7 Å². The van der Waals surface area contributed by atoms with Crippen LogP contribution in [-0.4, -0.2) is 65.2 Å². The molecule has 1 saturated heterocycles. The summed E-state index contributed by atoms with van der Waals surface area (Å²) in [5, 5.41) is 10.8. The number of carbonyl (C=O) groups excluding carboxylic acids is 2. The van der Waals surface area contributed by atoms with Crippen LogP contribution in [0.5, 0.6) is 0 Å². The number of aromatic nitrogens is 2. The van der Waals surface area contributed by atoms with Crippen molar-refractivity contribution in [2.24, 2.45) is 12.0 Å². The van der Waals surface area contributed by atoms with E-state index in [0.717, 1.165) is 11.3 Å². The number of aliphatic imine (C=N–C) groups is 1. The van der Waals surface area contributed by atoms with Crippen LogP contribution >= 0.6 is 11.6 Å². The second kappa shape index (κ2) is 10.3. The number of nitrogens with zero attached hydrogens (tertiary/aromatic N) is 5. The molecule has 0 radical (unpaired) electrons. The van der Waals surface area contributed by atoms with Gasteiger partial charge in [0, 0.05) is 50.0 Å². The molecule has 3 rings (SSSR count). The van der Waals surface area contributed by atoms with E-state index in [4.69, 9.17) is 11.6 Å². The van der Waals surface area contributed by atoms with E-state index in [9.17, 15) is 9.59 Å². The van der Waals surface area contributed by atoms with Gasteiger partial charge in [-0.1, -0.05) is 17.7 Å². The molecule has 2 aromatic rings. The second-order valence-corrected chi connectivity index (χ2v) is 7.69. The number of benzene rings is 1. The van der Waals surface area contributed by atoms with Crippen molar-refractivity contribution in [1.82, 2.24) is 20.0 Å². The van der Waals surface area contributed by atoms with Gasteiger partial charge in [0.05, 0.1) is 18.4 Å². The van der Waals surface area contributed by atoms with E-state index >= 15 is 0 Å². The summed E-state index contributed by atoms with van der Waals surface area (Å²) in [4.78, 5) is 33.2. The Morgan fingerprint density at radius 2 is 2.13 bits per heavy atom. The Balaban J connectivity index is 1.57. The minimum atomic E-state index is -0.137. The van der Waals surface area contributed by atoms with Crippen LogP contribution < -0.4 is 15.5 Å². The molecular formula is C21H28ClN7O2. The molecule has 1 aromatic carbocycles. The zero-order chi connectivity index (χ0) is 22.4. The fourth-order valence-corrected chi connectivity index (χ4v) is 3.49. The fourth-order valence-electron chi connectivity index (χ4n) is 3.32. The number of aryl methyl sites for hydroxylation is 1. The number of guanidine groups is 1. The van der Waals surface area contributed by atoms with Gasteiger partial charge in [-0.15, -0.1) is 0 Å². The molecule has 0 spiro atoms. The van der Waals surface area contributed by atoms with Crippen LogP contribution in [0.15, 0.2) is 35.6 Å². The highest BCUT2D eigenvalue weighted by molar-refractivity contribution is 6.31. The lowest BCUT2D eigenvalue weighted by atomic mass is 10.2. The van der Waals surface area contributed by atoms with Gasteiger partial charge in [-0.2, -0.15) is 5.10 Å². The molecule has 2 amide bonds. The summed E-state index contributed by atoms with van der Waals surface area (Å²) < 4.78 is 1.68. The summed E-state index contributed by atoms with van der Waals surface area (Å²) in [5.41, 5.74) is 2.33. The quantitative estimate of drug-likeness (QED) is 0.524. The minimum absolute atomic E-state index is 0.0148. The number of amides is 2. The molecule has 166 valence electrons. The molecule has 0 atom stereocenters. The number of rotatable bonds is 6. The molecule has 1 aromatic heterocycles. The third-order valence-electron chi connectivity index (χ3n) is 5.00. The van der Waals surface area contributed by atoms with Crippen molar-refractivity contribution in [3.63, 3.8) is 0 Å². The Labute approximate surface area is 187 Å². The zero-order valence-electron chi connectivity index (χ0n) is 18.1. The van der Waals surface area contributed by atoms with Crippen LogP contribution in [0.3, 0.4) is 0 Å². The molecule has 2 heterocycles. The molecule has 0 unspecified atom stereocenters. The van der Waals surface area contributed by atoms with Gasteiger partial charge in [-0.3, -0.25) is 19.3 Å². The van der Waals surface area contributed by atoms with Crippen LogP contribution in [0.1, 0.15) is 18.9 Å². The number of nitrogens with one attached hydrogen (secondary N) is 2. The first-order chi connectivity index (χ1) is 14.9. The molecule has 10 heteroatoms.